The summed E-state index contributed by atoms with van der Waals surface area (Å²) < 4.78 is 1.79. The quantitative estimate of drug-likeness (QED) is 0.404. The Morgan fingerprint density at radius 3 is 2.59 bits per heavy atom. The zero-order valence-electron chi connectivity index (χ0n) is 19.2. The monoisotopic (exact) mass is 492 g/mol. The highest BCUT2D eigenvalue weighted by Crippen LogP contribution is 2.46. The maximum absolute atomic E-state index is 13.2. The molecule has 6 rings (SSSR count). The third-order valence-corrected chi connectivity index (χ3v) is 8.68. The molecule has 8 heteroatoms. The van der Waals surface area contributed by atoms with E-state index in [1.54, 1.807) is 16.7 Å². The summed E-state index contributed by atoms with van der Waals surface area (Å²) >= 11 is 8.18. The van der Waals surface area contributed by atoms with Gasteiger partial charge in [-0.3, -0.25) is 14.2 Å². The molecule has 1 fully saturated rings. The van der Waals surface area contributed by atoms with E-state index in [0.717, 1.165) is 40.5 Å². The molecule has 3 aromatic rings. The van der Waals surface area contributed by atoms with E-state index < -0.39 is 0 Å². The molecule has 0 unspecified atom stereocenters. The first-order valence-corrected chi connectivity index (χ1v) is 12.9. The number of carbonyl (C=O) groups is 2. The van der Waals surface area contributed by atoms with Crippen molar-refractivity contribution in [1.29, 1.82) is 0 Å². The summed E-state index contributed by atoms with van der Waals surface area (Å²) in [6, 6.07) is 11.1. The Morgan fingerprint density at radius 1 is 1.06 bits per heavy atom. The lowest BCUT2D eigenvalue weighted by Crippen LogP contribution is -2.49. The fourth-order valence-corrected chi connectivity index (χ4v) is 6.53. The molecule has 3 aliphatic rings. The normalized spacial score (nSPS) is 18.5. The van der Waals surface area contributed by atoms with Crippen LogP contribution in [0.25, 0.3) is 11.4 Å². The van der Waals surface area contributed by atoms with Gasteiger partial charge in [-0.15, -0.1) is 0 Å². The number of piperazine rings is 1. The van der Waals surface area contributed by atoms with Gasteiger partial charge in [0.1, 0.15) is 11.5 Å². The van der Waals surface area contributed by atoms with Crippen LogP contribution >= 0.6 is 23.4 Å². The largest absolute Gasteiger partial charge is 0.353 e. The number of rotatable bonds is 2. The number of halogens is 1. The number of hydrogen-bond acceptors (Lipinski definition) is 5. The van der Waals surface area contributed by atoms with Gasteiger partial charge < -0.3 is 9.80 Å². The van der Waals surface area contributed by atoms with Crippen LogP contribution in [0, 0.1) is 0 Å². The molecule has 0 N–H and O–H groups in total. The van der Waals surface area contributed by atoms with Crippen LogP contribution in [0.1, 0.15) is 45.7 Å². The second kappa shape index (κ2) is 7.89. The van der Waals surface area contributed by atoms with Crippen LogP contribution in [0.2, 0.25) is 5.02 Å². The molecular formula is C26H25ClN4O2S. The van der Waals surface area contributed by atoms with Crippen LogP contribution in [0.5, 0.6) is 0 Å². The maximum atomic E-state index is 13.2. The van der Waals surface area contributed by atoms with E-state index in [1.165, 1.54) is 5.56 Å². The van der Waals surface area contributed by atoms with Gasteiger partial charge in [0.15, 0.2) is 0 Å². The summed E-state index contributed by atoms with van der Waals surface area (Å²) in [5, 5.41) is 0.483. The third kappa shape index (κ3) is 3.36. The number of anilines is 1. The van der Waals surface area contributed by atoms with Gasteiger partial charge in [-0.2, -0.15) is 11.8 Å². The average molecular weight is 493 g/mol. The van der Waals surface area contributed by atoms with Gasteiger partial charge in [-0.1, -0.05) is 37.6 Å². The molecule has 0 spiro atoms. The van der Waals surface area contributed by atoms with Crippen molar-refractivity contribution in [3.8, 4) is 11.4 Å². The topological polar surface area (TPSA) is 58.4 Å². The first-order valence-electron chi connectivity index (χ1n) is 11.5. The van der Waals surface area contributed by atoms with Gasteiger partial charge in [-0.05, 0) is 36.2 Å². The van der Waals surface area contributed by atoms with Crippen LogP contribution in [0.15, 0.2) is 42.6 Å². The van der Waals surface area contributed by atoms with E-state index in [4.69, 9.17) is 16.6 Å². The zero-order valence-corrected chi connectivity index (χ0v) is 20.7. The average Bonchev–Trinajstić information content (AvgIpc) is 3.41. The number of benzene rings is 1. The van der Waals surface area contributed by atoms with Crippen molar-refractivity contribution in [1.82, 2.24) is 14.5 Å². The molecule has 6 nitrogen and oxygen atoms in total. The lowest BCUT2D eigenvalue weighted by molar-refractivity contribution is 0.0746. The van der Waals surface area contributed by atoms with Crippen molar-refractivity contribution in [2.45, 2.75) is 30.8 Å². The molecule has 0 bridgehead atoms. The van der Waals surface area contributed by atoms with Crippen LogP contribution < -0.4 is 4.90 Å². The van der Waals surface area contributed by atoms with Crippen molar-refractivity contribution >= 4 is 41.0 Å². The Bertz CT molecular complexity index is 1340. The molecule has 2 aromatic heterocycles. The van der Waals surface area contributed by atoms with Crippen molar-refractivity contribution in [3.63, 3.8) is 0 Å². The second-order valence-electron chi connectivity index (χ2n) is 9.67. The number of hydrogen-bond donors (Lipinski definition) is 0. The number of carbonyl (C=O) groups excluding carboxylic acids is 2. The van der Waals surface area contributed by atoms with Gasteiger partial charge in [0.2, 0.25) is 0 Å². The van der Waals surface area contributed by atoms with Crippen LogP contribution in [-0.4, -0.2) is 57.2 Å². The lowest BCUT2D eigenvalue weighted by atomic mass is 9.91. The molecule has 0 saturated carbocycles. The Balaban J connectivity index is 1.34. The maximum Gasteiger partial charge on any atom is 0.264 e. The molecule has 3 aliphatic heterocycles. The molecule has 5 heterocycles. The molecule has 34 heavy (non-hydrogen) atoms. The highest BCUT2D eigenvalue weighted by Gasteiger charge is 2.39. The standard InChI is InChI=1S/C26H25ClN4O2S/c1-26(2)14-17-18(15-34-26)23(28-22-20-8-5-9-31(20)25(33)21(17)22)29-10-12-30(13-11-29)24(32)16-6-3-4-7-19(16)27/h3-9H,10-15H2,1-2H3. The summed E-state index contributed by atoms with van der Waals surface area (Å²) in [5.41, 5.74) is 5.30. The SMILES string of the molecule is CC1(C)Cc2c(c(N3CCN(C(=O)c4ccccc4Cl)CC3)nc3c2C(=O)n2cccc2-3)CS1. The van der Waals surface area contributed by atoms with Crippen molar-refractivity contribution in [2.24, 2.45) is 0 Å². The summed E-state index contributed by atoms with van der Waals surface area (Å²) in [4.78, 5) is 35.5. The first kappa shape index (κ1) is 21.7. The predicted molar refractivity (Wildman–Crippen MR) is 136 cm³/mol. The van der Waals surface area contributed by atoms with Crippen molar-refractivity contribution in [3.05, 3.63) is 69.9 Å². The number of amides is 1. The highest BCUT2D eigenvalue weighted by atomic mass is 35.5. The fourth-order valence-electron chi connectivity index (χ4n) is 5.22. The number of thioether (sulfide) groups is 1. The van der Waals surface area contributed by atoms with Gasteiger partial charge in [-0.25, -0.2) is 4.98 Å². The minimum absolute atomic E-state index is 0.0307. The van der Waals surface area contributed by atoms with Crippen LogP contribution in [-0.2, 0) is 12.2 Å². The van der Waals surface area contributed by atoms with E-state index in [9.17, 15) is 9.59 Å². The Morgan fingerprint density at radius 2 is 1.82 bits per heavy atom. The van der Waals surface area contributed by atoms with Crippen molar-refractivity contribution in [2.75, 3.05) is 31.1 Å². The van der Waals surface area contributed by atoms with Crippen LogP contribution in [0.4, 0.5) is 5.82 Å². The Hall–Kier alpha value is -2.77. The zero-order chi connectivity index (χ0) is 23.6. The smallest absolute Gasteiger partial charge is 0.264 e. The lowest BCUT2D eigenvalue weighted by Gasteiger charge is -2.39. The molecule has 1 aromatic carbocycles. The minimum atomic E-state index is -0.0325. The molecule has 0 aliphatic carbocycles. The van der Waals surface area contributed by atoms with E-state index in [2.05, 4.69) is 18.7 Å². The second-order valence-corrected chi connectivity index (χ2v) is 11.8. The highest BCUT2D eigenvalue weighted by molar-refractivity contribution is 7.99. The van der Waals surface area contributed by atoms with Gasteiger partial charge >= 0.3 is 0 Å². The summed E-state index contributed by atoms with van der Waals surface area (Å²) in [7, 11) is 0. The molecule has 1 saturated heterocycles. The number of aromatic nitrogens is 2. The molecule has 0 radical (unpaired) electrons. The van der Waals surface area contributed by atoms with Gasteiger partial charge in [0, 0.05) is 48.4 Å². The van der Waals surface area contributed by atoms with Gasteiger partial charge in [0.25, 0.3) is 11.8 Å². The third-order valence-electron chi connectivity index (χ3n) is 6.99. The summed E-state index contributed by atoms with van der Waals surface area (Å²) in [6.45, 7) is 7.07. The number of fused-ring (bicyclic) bond motifs is 5. The van der Waals surface area contributed by atoms with E-state index in [1.807, 2.05) is 47.1 Å². The number of pyridine rings is 1. The van der Waals surface area contributed by atoms with Gasteiger partial charge in [0.05, 0.1) is 21.8 Å². The number of nitrogens with zero attached hydrogens (tertiary/aromatic N) is 4. The van der Waals surface area contributed by atoms with Crippen LogP contribution in [0.3, 0.4) is 0 Å². The Kier molecular flexibility index (Phi) is 5.04. The van der Waals surface area contributed by atoms with E-state index >= 15 is 0 Å². The van der Waals surface area contributed by atoms with E-state index in [-0.39, 0.29) is 16.6 Å². The Labute approximate surface area is 207 Å². The summed E-state index contributed by atoms with van der Waals surface area (Å²) in [5.74, 6) is 1.79. The minimum Gasteiger partial charge on any atom is -0.353 e. The first-order chi connectivity index (χ1) is 16.3. The molecule has 174 valence electrons. The molecule has 1 amide bonds. The molecule has 0 atom stereocenters. The van der Waals surface area contributed by atoms with E-state index in [0.29, 0.717) is 36.8 Å². The summed E-state index contributed by atoms with van der Waals surface area (Å²) in [6.07, 6.45) is 2.67. The molecular weight excluding hydrogens is 468 g/mol. The van der Waals surface area contributed by atoms with Crippen molar-refractivity contribution < 1.29 is 9.59 Å². The fraction of sp³-hybridized carbons (Fsp3) is 0.346. The predicted octanol–water partition coefficient (Wildman–Crippen LogP) is 4.74.